The van der Waals surface area contributed by atoms with Crippen LogP contribution in [0.3, 0.4) is 0 Å². The molecule has 460 valence electrons. The summed E-state index contributed by atoms with van der Waals surface area (Å²) in [4.78, 5) is 149. The van der Waals surface area contributed by atoms with Gasteiger partial charge in [0.25, 0.3) is 0 Å². The molecule has 19 N–H and O–H groups in total. The van der Waals surface area contributed by atoms with Crippen LogP contribution in [0.25, 0.3) is 0 Å². The van der Waals surface area contributed by atoms with Crippen LogP contribution in [-0.4, -0.2) is 198 Å². The second kappa shape index (κ2) is 34.4. The summed E-state index contributed by atoms with van der Waals surface area (Å²) in [5.74, 6) is -6.16. The molecule has 9 amide bonds. The Morgan fingerprint density at radius 2 is 1.07 bits per heavy atom. The quantitative estimate of drug-likeness (QED) is 0.0139. The van der Waals surface area contributed by atoms with E-state index in [2.05, 4.69) is 41.9 Å². The number of unbranched alkanes of at least 4 members (excludes halogenated alkanes) is 1. The lowest BCUT2D eigenvalue weighted by Crippen LogP contribution is -2.60. The molecule has 3 fully saturated rings. The Morgan fingerprint density at radius 1 is 0.571 bits per heavy atom. The number of aliphatic hydroxyl groups excluding tert-OH is 1. The van der Waals surface area contributed by atoms with Crippen molar-refractivity contribution >= 4 is 71.4 Å². The van der Waals surface area contributed by atoms with Gasteiger partial charge in [-0.3, -0.25) is 53.1 Å². The van der Waals surface area contributed by atoms with Crippen LogP contribution in [0.2, 0.25) is 0 Å². The highest BCUT2D eigenvalue weighted by molar-refractivity contribution is 5.98. The zero-order valence-corrected chi connectivity index (χ0v) is 47.5. The van der Waals surface area contributed by atoms with Crippen LogP contribution in [-0.2, 0) is 60.8 Å². The molecule has 0 aliphatic carbocycles. The molecule has 3 saturated heterocycles. The van der Waals surface area contributed by atoms with Crippen molar-refractivity contribution in [1.82, 2.24) is 46.6 Å². The average molecular weight is 1170 g/mol. The van der Waals surface area contributed by atoms with Crippen LogP contribution in [0.5, 0.6) is 0 Å². The number of likely N-dealkylation sites (tertiary alicyclic amines) is 3. The van der Waals surface area contributed by atoms with E-state index in [0.717, 1.165) is 0 Å². The van der Waals surface area contributed by atoms with E-state index in [1.165, 1.54) is 14.7 Å². The third-order valence-corrected chi connectivity index (χ3v) is 14.9. The van der Waals surface area contributed by atoms with Gasteiger partial charge in [0.05, 0.1) is 25.2 Å². The van der Waals surface area contributed by atoms with Crippen LogP contribution in [0.15, 0.2) is 70.6 Å². The van der Waals surface area contributed by atoms with Crippen LogP contribution >= 0.6 is 0 Å². The fourth-order valence-electron chi connectivity index (χ4n) is 10.5. The lowest BCUT2D eigenvalue weighted by Gasteiger charge is -2.33. The number of carbonyl (C=O) groups is 10. The van der Waals surface area contributed by atoms with E-state index in [0.29, 0.717) is 81.7 Å². The Bertz CT molecular complexity index is 2610. The van der Waals surface area contributed by atoms with E-state index < -0.39 is 121 Å². The number of hydrogen-bond donors (Lipinski definition) is 13. The van der Waals surface area contributed by atoms with Gasteiger partial charge < -0.3 is 90.9 Å². The Morgan fingerprint density at radius 3 is 1.63 bits per heavy atom. The van der Waals surface area contributed by atoms with Crippen molar-refractivity contribution in [2.75, 3.05) is 52.4 Å². The predicted octanol–water partition coefficient (Wildman–Crippen LogP) is -4.26. The molecule has 0 aromatic heterocycles. The van der Waals surface area contributed by atoms with E-state index in [1.54, 1.807) is 60.7 Å². The first-order valence-corrected chi connectivity index (χ1v) is 28.8. The number of nitrogens with two attached hydrogens (primary N) is 6. The largest absolute Gasteiger partial charge is 0.394 e. The third kappa shape index (κ3) is 20.6. The Hall–Kier alpha value is -8.24. The first-order valence-electron chi connectivity index (χ1n) is 28.8. The van der Waals surface area contributed by atoms with E-state index in [9.17, 15) is 53.1 Å². The molecule has 0 unspecified atom stereocenters. The molecule has 0 saturated carbocycles. The van der Waals surface area contributed by atoms with Crippen molar-refractivity contribution in [3.8, 4) is 0 Å². The molecular formula is C56H85N17O11. The number of nitrogens with one attached hydrogen (secondary N) is 6. The number of aldehydes is 1. The van der Waals surface area contributed by atoms with E-state index in [-0.39, 0.29) is 83.2 Å². The van der Waals surface area contributed by atoms with Gasteiger partial charge in [-0.25, -0.2) is 0 Å². The van der Waals surface area contributed by atoms with Crippen molar-refractivity contribution in [3.63, 3.8) is 0 Å². The number of guanidine groups is 2. The zero-order chi connectivity index (χ0) is 61.1. The molecule has 9 atom stereocenters. The summed E-state index contributed by atoms with van der Waals surface area (Å²) >= 11 is 0. The molecule has 0 radical (unpaired) electrons. The summed E-state index contributed by atoms with van der Waals surface area (Å²) in [5, 5.41) is 26.5. The SMILES string of the molecule is NCCCC[C@H](N)C(=O)N[C@@H](CCCN=C(N)N)C(=O)N1CCC[C@H]1C(=O)N1CCC[C@H]1C(=O)NCC(=O)N[C@@H](Cc1ccccc1)C(=O)N[C@@H](CO)C(=O)N1CCC[C@H]1C(=O)N[C@@H](Cc1ccccc1)C(=O)N[C@H](C=O)CCCN=C(N)N. The monoisotopic (exact) mass is 1170 g/mol. The molecule has 5 rings (SSSR count). The standard InChI is InChI=1S/C56H85N17O11/c57-24-8-7-19-38(58)47(77)68-39(20-10-26-64-56(61)62)52(82)73-29-13-23-45(73)54(84)72-28-11-21-43(72)50(80)65-32-46(76)67-40(30-35-14-3-1-4-15-35)49(79)70-42(34-75)53(83)71-27-12-22-44(71)51(81)69-41(31-36-16-5-2-6-17-36)48(78)66-37(33-74)18-9-25-63-55(59)60/h1-6,14-17,33,37-45,75H,7-13,18-32,34,57-58H2,(H,65,80)(H,66,78)(H,67,76)(H,68,77)(H,69,81)(H,70,79)(H4,59,60,63)(H4,61,62,64)/t37-,38-,39-,40-,41-,42-,43-,44-,45-/m0/s1. The highest BCUT2D eigenvalue weighted by atomic mass is 16.3. The smallest absolute Gasteiger partial charge is 0.248 e. The van der Waals surface area contributed by atoms with Gasteiger partial charge in [-0.05, 0) is 94.7 Å². The predicted molar refractivity (Wildman–Crippen MR) is 311 cm³/mol. The minimum Gasteiger partial charge on any atom is -0.394 e. The number of benzene rings is 2. The first-order chi connectivity index (χ1) is 40.3. The van der Waals surface area contributed by atoms with Gasteiger partial charge in [-0.1, -0.05) is 67.1 Å². The van der Waals surface area contributed by atoms with Crippen LogP contribution in [0.4, 0.5) is 0 Å². The van der Waals surface area contributed by atoms with Crippen molar-refractivity contribution < 1.29 is 53.1 Å². The summed E-state index contributed by atoms with van der Waals surface area (Å²) in [5.41, 5.74) is 34.9. The minimum atomic E-state index is -1.58. The van der Waals surface area contributed by atoms with Gasteiger partial charge >= 0.3 is 0 Å². The molecule has 3 heterocycles. The van der Waals surface area contributed by atoms with E-state index in [4.69, 9.17) is 34.4 Å². The molecule has 3 aliphatic heterocycles. The van der Waals surface area contributed by atoms with E-state index in [1.807, 2.05) is 0 Å². The number of carbonyl (C=O) groups excluding carboxylic acids is 10. The molecular weight excluding hydrogens is 1090 g/mol. The number of hydrogen-bond acceptors (Lipinski definition) is 15. The second-order valence-corrected chi connectivity index (χ2v) is 21.2. The molecule has 0 bridgehead atoms. The third-order valence-electron chi connectivity index (χ3n) is 14.9. The van der Waals surface area contributed by atoms with Crippen LogP contribution < -0.4 is 66.3 Å². The van der Waals surface area contributed by atoms with Gasteiger partial charge in [0, 0.05) is 45.6 Å². The summed E-state index contributed by atoms with van der Waals surface area (Å²) in [7, 11) is 0. The van der Waals surface area contributed by atoms with Crippen LogP contribution in [0, 0.1) is 0 Å². The van der Waals surface area contributed by atoms with Crippen LogP contribution in [0.1, 0.15) is 94.6 Å². The summed E-state index contributed by atoms with van der Waals surface area (Å²) in [6.45, 7) is -0.171. The van der Waals surface area contributed by atoms with Gasteiger partial charge in [-0.15, -0.1) is 0 Å². The van der Waals surface area contributed by atoms with Crippen molar-refractivity contribution in [2.24, 2.45) is 44.4 Å². The fourth-order valence-corrected chi connectivity index (χ4v) is 10.5. The molecule has 28 nitrogen and oxygen atoms in total. The molecule has 28 heteroatoms. The molecule has 84 heavy (non-hydrogen) atoms. The van der Waals surface area contributed by atoms with Crippen molar-refractivity contribution in [3.05, 3.63) is 71.8 Å². The zero-order valence-electron chi connectivity index (χ0n) is 47.5. The fraction of sp³-hybridized carbons (Fsp3) is 0.571. The highest BCUT2D eigenvalue weighted by Crippen LogP contribution is 2.27. The molecule has 2 aromatic carbocycles. The van der Waals surface area contributed by atoms with Gasteiger partial charge in [0.2, 0.25) is 53.2 Å². The Kier molecular flexibility index (Phi) is 27.2. The lowest BCUT2D eigenvalue weighted by atomic mass is 10.0. The highest BCUT2D eigenvalue weighted by Gasteiger charge is 2.44. The normalized spacial score (nSPS) is 18.6. The summed E-state index contributed by atoms with van der Waals surface area (Å²) in [6, 6.07) is 7.47. The maximum atomic E-state index is 14.3. The molecule has 0 spiro atoms. The second-order valence-electron chi connectivity index (χ2n) is 21.2. The number of aliphatic hydroxyl groups is 1. The van der Waals surface area contributed by atoms with Gasteiger partial charge in [0.1, 0.15) is 48.6 Å². The van der Waals surface area contributed by atoms with Gasteiger partial charge in [-0.2, -0.15) is 0 Å². The first kappa shape index (κ1) is 66.6. The molecule has 2 aromatic rings. The maximum absolute atomic E-state index is 14.3. The number of amides is 9. The Labute approximate surface area is 488 Å². The maximum Gasteiger partial charge on any atom is 0.248 e. The van der Waals surface area contributed by atoms with Crippen molar-refractivity contribution in [2.45, 2.75) is 151 Å². The number of aliphatic imine (C=N–C) groups is 2. The lowest BCUT2D eigenvalue weighted by molar-refractivity contribution is -0.148. The van der Waals surface area contributed by atoms with E-state index >= 15 is 0 Å². The number of nitrogens with zero attached hydrogens (tertiary/aromatic N) is 5. The summed E-state index contributed by atoms with van der Waals surface area (Å²) in [6.07, 6.45) is 5.30. The molecule has 3 aliphatic rings. The number of rotatable bonds is 33. The Balaban J connectivity index is 1.22. The average Bonchev–Trinajstić information content (AvgIpc) is 3.47. The van der Waals surface area contributed by atoms with Gasteiger partial charge in [0.15, 0.2) is 11.9 Å². The van der Waals surface area contributed by atoms with Crippen molar-refractivity contribution in [1.29, 1.82) is 0 Å². The topological polar surface area (TPSA) is 454 Å². The minimum absolute atomic E-state index is 0.0390. The summed E-state index contributed by atoms with van der Waals surface area (Å²) < 4.78 is 0.